The van der Waals surface area contributed by atoms with E-state index in [1.165, 1.54) is 7.05 Å². The van der Waals surface area contributed by atoms with Gasteiger partial charge in [-0.2, -0.15) is 0 Å². The standard InChI is InChI=1S/C30H48N3O8P/c1-6-39-42(38,40-7-2)29(36)26-20-23(27(34)31-5)16-12-9-13-17-24(19-22-14-10-8-11-15-22)41-30(37)33-25(18-21(3)4)28(35)32-26/h8-12,14-15,21,23-26,29,36H,6-7,13,16-20H2,1-5H3,(H,31,34)(H,32,35)(H,33,37)/b12-9-/t23?,24?,25-,26-,29?/m0/s1. The van der Waals surface area contributed by atoms with Crippen molar-refractivity contribution in [3.05, 3.63) is 48.0 Å². The van der Waals surface area contributed by atoms with E-state index in [4.69, 9.17) is 13.8 Å². The lowest BCUT2D eigenvalue weighted by Gasteiger charge is -2.32. The molecule has 3 amide bonds. The van der Waals surface area contributed by atoms with Gasteiger partial charge >= 0.3 is 13.7 Å². The zero-order valence-corrected chi connectivity index (χ0v) is 26.3. The van der Waals surface area contributed by atoms with E-state index in [0.29, 0.717) is 25.7 Å². The van der Waals surface area contributed by atoms with Gasteiger partial charge in [-0.25, -0.2) is 4.79 Å². The number of carbonyl (C=O) groups is 3. The SMILES string of the molecule is CCOP(=O)(OCC)C(O)[C@@H]1CC(C(=O)NC)C/C=C\CCC(Cc2ccccc2)OC(=O)N[C@@H](CC(C)C)C(=O)N1. The minimum Gasteiger partial charge on any atom is -0.446 e. The molecule has 0 spiro atoms. The molecule has 0 aromatic heterocycles. The third-order valence-corrected chi connectivity index (χ3v) is 9.17. The second-order valence-corrected chi connectivity index (χ2v) is 12.9. The van der Waals surface area contributed by atoms with Gasteiger partial charge in [-0.1, -0.05) is 56.3 Å². The molecule has 0 aliphatic carbocycles. The highest BCUT2D eigenvalue weighted by molar-refractivity contribution is 7.54. The average Bonchev–Trinajstić information content (AvgIpc) is 2.94. The first-order chi connectivity index (χ1) is 20.0. The Kier molecular flexibility index (Phi) is 15.3. The van der Waals surface area contributed by atoms with Gasteiger partial charge in [0.1, 0.15) is 12.1 Å². The predicted molar refractivity (Wildman–Crippen MR) is 161 cm³/mol. The van der Waals surface area contributed by atoms with Crippen molar-refractivity contribution >= 4 is 25.5 Å². The van der Waals surface area contributed by atoms with Crippen LogP contribution in [-0.2, 0) is 34.4 Å². The molecule has 3 unspecified atom stereocenters. The summed E-state index contributed by atoms with van der Waals surface area (Å²) in [5, 5.41) is 19.4. The zero-order valence-electron chi connectivity index (χ0n) is 25.4. The van der Waals surface area contributed by atoms with E-state index in [1.807, 2.05) is 56.3 Å². The number of hydrogen-bond acceptors (Lipinski definition) is 8. The van der Waals surface area contributed by atoms with Crippen molar-refractivity contribution in [3.8, 4) is 0 Å². The first-order valence-electron chi connectivity index (χ1n) is 14.8. The lowest BCUT2D eigenvalue weighted by atomic mass is 9.94. The van der Waals surface area contributed by atoms with E-state index >= 15 is 0 Å². The van der Waals surface area contributed by atoms with E-state index in [0.717, 1.165) is 5.56 Å². The largest absolute Gasteiger partial charge is 0.446 e. The summed E-state index contributed by atoms with van der Waals surface area (Å²) in [5.74, 6) is -3.30. The highest BCUT2D eigenvalue weighted by atomic mass is 31.2. The molecule has 0 bridgehead atoms. The maximum absolute atomic E-state index is 13.6. The number of aliphatic hydroxyl groups is 1. The van der Waals surface area contributed by atoms with Crippen molar-refractivity contribution in [2.45, 2.75) is 90.3 Å². The second kappa shape index (κ2) is 18.1. The zero-order chi connectivity index (χ0) is 31.1. The van der Waals surface area contributed by atoms with Gasteiger partial charge < -0.3 is 34.8 Å². The molecule has 4 N–H and O–H groups in total. The van der Waals surface area contributed by atoms with Crippen LogP contribution >= 0.6 is 7.60 Å². The first kappa shape index (κ1) is 35.5. The molecule has 42 heavy (non-hydrogen) atoms. The molecular weight excluding hydrogens is 561 g/mol. The molecule has 0 saturated heterocycles. The van der Waals surface area contributed by atoms with Crippen molar-refractivity contribution in [1.29, 1.82) is 0 Å². The average molecular weight is 610 g/mol. The van der Waals surface area contributed by atoms with Crippen molar-refractivity contribution < 1.29 is 37.8 Å². The number of ether oxygens (including phenoxy) is 1. The smallest absolute Gasteiger partial charge is 0.408 e. The van der Waals surface area contributed by atoms with E-state index in [2.05, 4.69) is 16.0 Å². The fraction of sp³-hybridized carbons (Fsp3) is 0.633. The minimum atomic E-state index is -4.09. The van der Waals surface area contributed by atoms with Crippen LogP contribution in [0.5, 0.6) is 0 Å². The van der Waals surface area contributed by atoms with Crippen LogP contribution in [0.2, 0.25) is 0 Å². The van der Waals surface area contributed by atoms with Gasteiger partial charge in [-0.05, 0) is 57.4 Å². The maximum atomic E-state index is 13.6. The third kappa shape index (κ3) is 11.5. The monoisotopic (exact) mass is 609 g/mol. The minimum absolute atomic E-state index is 0.00410. The summed E-state index contributed by atoms with van der Waals surface area (Å²) in [6.07, 6.45) is 4.78. The van der Waals surface area contributed by atoms with E-state index in [9.17, 15) is 24.1 Å². The van der Waals surface area contributed by atoms with E-state index in [-0.39, 0.29) is 37.9 Å². The summed E-state index contributed by atoms with van der Waals surface area (Å²) in [7, 11) is -2.58. The Bertz CT molecular complexity index is 1060. The van der Waals surface area contributed by atoms with E-state index < -0.39 is 49.5 Å². The van der Waals surface area contributed by atoms with Crippen molar-refractivity contribution in [1.82, 2.24) is 16.0 Å². The molecule has 5 atom stereocenters. The van der Waals surface area contributed by atoms with Gasteiger partial charge in [-0.3, -0.25) is 14.2 Å². The number of benzene rings is 1. The summed E-state index contributed by atoms with van der Waals surface area (Å²) < 4.78 is 30.1. The Morgan fingerprint density at radius 1 is 1.12 bits per heavy atom. The van der Waals surface area contributed by atoms with Crippen LogP contribution in [-0.4, -0.2) is 67.3 Å². The van der Waals surface area contributed by atoms with Crippen molar-refractivity contribution in [2.75, 3.05) is 20.3 Å². The highest BCUT2D eigenvalue weighted by Gasteiger charge is 2.43. The summed E-state index contributed by atoms with van der Waals surface area (Å²) in [5.41, 5.74) is 1.01. The molecule has 0 radical (unpaired) electrons. The lowest BCUT2D eigenvalue weighted by Crippen LogP contribution is -2.54. The van der Waals surface area contributed by atoms with Gasteiger partial charge in [0.2, 0.25) is 11.8 Å². The molecule has 1 aliphatic heterocycles. The van der Waals surface area contributed by atoms with Gasteiger partial charge in [0.15, 0.2) is 5.85 Å². The van der Waals surface area contributed by atoms with Crippen LogP contribution in [0.4, 0.5) is 4.79 Å². The highest BCUT2D eigenvalue weighted by Crippen LogP contribution is 2.53. The molecule has 11 nitrogen and oxygen atoms in total. The first-order valence-corrected chi connectivity index (χ1v) is 16.4. The van der Waals surface area contributed by atoms with Crippen LogP contribution in [0.15, 0.2) is 42.5 Å². The molecule has 1 aromatic rings. The van der Waals surface area contributed by atoms with Crippen LogP contribution in [0, 0.1) is 11.8 Å². The lowest BCUT2D eigenvalue weighted by molar-refractivity contribution is -0.127. The molecular formula is C30H48N3O8P. The van der Waals surface area contributed by atoms with Crippen LogP contribution in [0.3, 0.4) is 0 Å². The van der Waals surface area contributed by atoms with Gasteiger partial charge in [0, 0.05) is 19.4 Å². The number of rotatable bonds is 11. The maximum Gasteiger partial charge on any atom is 0.408 e. The molecule has 12 heteroatoms. The van der Waals surface area contributed by atoms with Crippen molar-refractivity contribution in [2.24, 2.45) is 11.8 Å². The number of allylic oxidation sites excluding steroid dienone is 2. The van der Waals surface area contributed by atoms with Crippen LogP contribution in [0.25, 0.3) is 0 Å². The fourth-order valence-corrected chi connectivity index (χ4v) is 6.64. The Morgan fingerprint density at radius 2 is 1.79 bits per heavy atom. The Morgan fingerprint density at radius 3 is 2.38 bits per heavy atom. The molecule has 236 valence electrons. The summed E-state index contributed by atoms with van der Waals surface area (Å²) in [6, 6.07) is 7.49. The number of aliphatic hydroxyl groups excluding tert-OH is 1. The van der Waals surface area contributed by atoms with Crippen LogP contribution in [0.1, 0.15) is 65.4 Å². The third-order valence-electron chi connectivity index (χ3n) is 6.92. The predicted octanol–water partition coefficient (Wildman–Crippen LogP) is 4.30. The summed E-state index contributed by atoms with van der Waals surface area (Å²) in [6.45, 7) is 7.06. The molecule has 1 aromatic carbocycles. The second-order valence-electron chi connectivity index (χ2n) is 10.8. The molecule has 0 saturated carbocycles. The summed E-state index contributed by atoms with van der Waals surface area (Å²) in [4.78, 5) is 39.6. The van der Waals surface area contributed by atoms with Crippen LogP contribution < -0.4 is 16.0 Å². The molecule has 1 heterocycles. The fourth-order valence-electron chi connectivity index (χ4n) is 4.90. The molecule has 0 fully saturated rings. The Balaban J connectivity index is 2.45. The van der Waals surface area contributed by atoms with Gasteiger partial charge in [0.25, 0.3) is 0 Å². The molecule has 1 aliphatic rings. The van der Waals surface area contributed by atoms with E-state index in [1.54, 1.807) is 13.8 Å². The summed E-state index contributed by atoms with van der Waals surface area (Å²) >= 11 is 0. The normalized spacial score (nSPS) is 24.4. The quantitative estimate of drug-likeness (QED) is 0.214. The number of hydrogen-bond donors (Lipinski definition) is 4. The van der Waals surface area contributed by atoms with Crippen molar-refractivity contribution in [3.63, 3.8) is 0 Å². The number of nitrogens with one attached hydrogen (secondary N) is 3. The number of cyclic esters (lactones) is 1. The van der Waals surface area contributed by atoms with Gasteiger partial charge in [0.05, 0.1) is 19.3 Å². The Hall–Kier alpha value is -2.72. The molecule has 2 rings (SSSR count). The number of alkyl carbamates (subject to hydrolysis) is 1. The Labute approximate surface area is 249 Å². The number of carbonyl (C=O) groups excluding carboxylic acids is 3. The number of amides is 3. The van der Waals surface area contributed by atoms with Gasteiger partial charge in [-0.15, -0.1) is 0 Å². The topological polar surface area (TPSA) is 152 Å².